The third-order valence-electron chi connectivity index (χ3n) is 3.80. The van der Waals surface area contributed by atoms with Gasteiger partial charge in [-0.15, -0.1) is 0 Å². The van der Waals surface area contributed by atoms with Gasteiger partial charge in [0.1, 0.15) is 0 Å². The van der Waals surface area contributed by atoms with Gasteiger partial charge in [0.05, 0.1) is 18.9 Å². The lowest BCUT2D eigenvalue weighted by Gasteiger charge is -2.40. The summed E-state index contributed by atoms with van der Waals surface area (Å²) in [5.41, 5.74) is 8.36. The number of aryl methyl sites for hydroxylation is 1. The number of nitrogens with zero attached hydrogens (tertiary/aromatic N) is 1. The normalized spacial score (nSPS) is 17.7. The van der Waals surface area contributed by atoms with Crippen LogP contribution in [0.2, 0.25) is 0 Å². The number of rotatable bonds is 4. The van der Waals surface area contributed by atoms with Gasteiger partial charge in [-0.25, -0.2) is 0 Å². The Morgan fingerprint density at radius 1 is 1.39 bits per heavy atom. The molecule has 1 saturated heterocycles. The Balaban J connectivity index is 1.82. The van der Waals surface area contributed by atoms with E-state index in [-0.39, 0.29) is 5.41 Å². The molecule has 1 fully saturated rings. The van der Waals surface area contributed by atoms with E-state index in [0.29, 0.717) is 6.54 Å². The largest absolute Gasteiger partial charge is 0.383 e. The van der Waals surface area contributed by atoms with Crippen molar-refractivity contribution in [3.63, 3.8) is 0 Å². The highest BCUT2D eigenvalue weighted by Gasteiger charge is 2.37. The number of nitrogens with one attached hydrogen (secondary N) is 1. The molecule has 3 rings (SSSR count). The second-order valence-corrected chi connectivity index (χ2v) is 5.22. The van der Waals surface area contributed by atoms with Gasteiger partial charge < -0.3 is 20.4 Å². The van der Waals surface area contributed by atoms with Crippen LogP contribution in [0.5, 0.6) is 0 Å². The minimum Gasteiger partial charge on any atom is -0.383 e. The minimum atomic E-state index is 0.122. The number of ether oxygens (including phenoxy) is 1. The van der Waals surface area contributed by atoms with Gasteiger partial charge in [0.25, 0.3) is 0 Å². The highest BCUT2D eigenvalue weighted by molar-refractivity contribution is 5.92. The summed E-state index contributed by atoms with van der Waals surface area (Å²) in [5.74, 6) is 0. The zero-order valence-electron chi connectivity index (χ0n) is 10.6. The van der Waals surface area contributed by atoms with E-state index < -0.39 is 0 Å². The summed E-state index contributed by atoms with van der Waals surface area (Å²) >= 11 is 0. The molecule has 2 heterocycles. The molecular formula is C14H19N3O. The fourth-order valence-electron chi connectivity index (χ4n) is 2.45. The number of nitrogens with two attached hydrogens (primary N) is 1. The van der Waals surface area contributed by atoms with Crippen LogP contribution in [-0.4, -0.2) is 30.9 Å². The van der Waals surface area contributed by atoms with E-state index in [2.05, 4.69) is 47.4 Å². The van der Waals surface area contributed by atoms with E-state index in [1.165, 1.54) is 16.6 Å². The first kappa shape index (κ1) is 11.6. The van der Waals surface area contributed by atoms with Crippen molar-refractivity contribution in [2.24, 2.45) is 18.2 Å². The second kappa shape index (κ2) is 4.30. The molecule has 3 N–H and O–H groups in total. The molecule has 0 unspecified atom stereocenters. The zero-order chi connectivity index (χ0) is 12.6. The minimum absolute atomic E-state index is 0.122. The molecule has 1 aliphatic rings. The first-order valence-corrected chi connectivity index (χ1v) is 6.30. The number of hydrogen-bond donors (Lipinski definition) is 2. The number of aromatic nitrogens is 1. The molecule has 1 aliphatic heterocycles. The first-order chi connectivity index (χ1) is 8.74. The molecule has 18 heavy (non-hydrogen) atoms. The monoisotopic (exact) mass is 245 g/mol. The molecule has 0 radical (unpaired) electrons. The van der Waals surface area contributed by atoms with Crippen molar-refractivity contribution in [3.05, 3.63) is 30.5 Å². The van der Waals surface area contributed by atoms with Gasteiger partial charge in [0.15, 0.2) is 0 Å². The van der Waals surface area contributed by atoms with Crippen LogP contribution in [0.1, 0.15) is 0 Å². The number of anilines is 1. The second-order valence-electron chi connectivity index (χ2n) is 5.22. The predicted molar refractivity (Wildman–Crippen MR) is 73.7 cm³/mol. The van der Waals surface area contributed by atoms with Crippen molar-refractivity contribution in [2.75, 3.05) is 31.6 Å². The van der Waals surface area contributed by atoms with Crippen molar-refractivity contribution in [2.45, 2.75) is 0 Å². The molecule has 96 valence electrons. The maximum atomic E-state index is 5.83. The summed E-state index contributed by atoms with van der Waals surface area (Å²) < 4.78 is 7.43. The van der Waals surface area contributed by atoms with Gasteiger partial charge in [-0.3, -0.25) is 0 Å². The number of hydrogen-bond acceptors (Lipinski definition) is 3. The topological polar surface area (TPSA) is 52.2 Å². The van der Waals surface area contributed by atoms with Gasteiger partial charge in [-0.1, -0.05) is 18.2 Å². The van der Waals surface area contributed by atoms with Gasteiger partial charge >= 0.3 is 0 Å². The van der Waals surface area contributed by atoms with Gasteiger partial charge in [-0.05, 0) is 6.07 Å². The number of benzene rings is 1. The number of para-hydroxylation sites is 1. The lowest BCUT2D eigenvalue weighted by molar-refractivity contribution is -0.0979. The molecule has 0 amide bonds. The lowest BCUT2D eigenvalue weighted by Crippen LogP contribution is -2.52. The van der Waals surface area contributed by atoms with Crippen LogP contribution in [-0.2, 0) is 11.8 Å². The van der Waals surface area contributed by atoms with Crippen LogP contribution in [0.3, 0.4) is 0 Å². The van der Waals surface area contributed by atoms with E-state index in [4.69, 9.17) is 10.5 Å². The molecule has 0 aliphatic carbocycles. The van der Waals surface area contributed by atoms with Gasteiger partial charge in [0.2, 0.25) is 0 Å². The molecule has 1 aromatic heterocycles. The smallest absolute Gasteiger partial charge is 0.0600 e. The molecular weight excluding hydrogens is 226 g/mol. The Labute approximate surface area is 107 Å². The highest BCUT2D eigenvalue weighted by Crippen LogP contribution is 2.29. The molecule has 1 aromatic carbocycles. The Hall–Kier alpha value is -1.52. The third-order valence-corrected chi connectivity index (χ3v) is 3.80. The van der Waals surface area contributed by atoms with E-state index >= 15 is 0 Å². The summed E-state index contributed by atoms with van der Waals surface area (Å²) in [6.45, 7) is 3.07. The van der Waals surface area contributed by atoms with Crippen LogP contribution in [0.4, 0.5) is 5.69 Å². The average molecular weight is 245 g/mol. The molecule has 0 spiro atoms. The summed E-state index contributed by atoms with van der Waals surface area (Å²) in [5, 5.41) is 4.78. The molecule has 0 bridgehead atoms. The quantitative estimate of drug-likeness (QED) is 0.859. The van der Waals surface area contributed by atoms with Crippen LogP contribution >= 0.6 is 0 Å². The number of fused-ring (bicyclic) bond motifs is 1. The SMILES string of the molecule is Cn1cc(NCC2(CN)COC2)c2ccccc21. The zero-order valence-corrected chi connectivity index (χ0v) is 10.6. The average Bonchev–Trinajstić information content (AvgIpc) is 2.67. The Bertz CT molecular complexity index is 552. The molecule has 4 heteroatoms. The van der Waals surface area contributed by atoms with Gasteiger partial charge in [0, 0.05) is 42.7 Å². The lowest BCUT2D eigenvalue weighted by atomic mass is 9.86. The van der Waals surface area contributed by atoms with Crippen LogP contribution in [0, 0.1) is 5.41 Å². The fourth-order valence-corrected chi connectivity index (χ4v) is 2.45. The van der Waals surface area contributed by atoms with Crippen molar-refractivity contribution in [3.8, 4) is 0 Å². The molecule has 0 saturated carbocycles. The molecule has 4 nitrogen and oxygen atoms in total. The van der Waals surface area contributed by atoms with Crippen molar-refractivity contribution < 1.29 is 4.74 Å². The predicted octanol–water partition coefficient (Wildman–Crippen LogP) is 1.57. The van der Waals surface area contributed by atoms with Crippen molar-refractivity contribution in [1.29, 1.82) is 0 Å². The van der Waals surface area contributed by atoms with E-state index in [1.807, 2.05) is 0 Å². The molecule has 2 aromatic rings. The molecule has 0 atom stereocenters. The standard InChI is InChI=1S/C14H19N3O/c1-17-6-12(11-4-2-3-5-13(11)17)16-8-14(7-15)9-18-10-14/h2-6,16H,7-10,15H2,1H3. The van der Waals surface area contributed by atoms with Crippen molar-refractivity contribution >= 4 is 16.6 Å². The van der Waals surface area contributed by atoms with Crippen LogP contribution in [0.15, 0.2) is 30.5 Å². The summed E-state index contributed by atoms with van der Waals surface area (Å²) in [4.78, 5) is 0. The third kappa shape index (κ3) is 1.78. The maximum absolute atomic E-state index is 5.83. The summed E-state index contributed by atoms with van der Waals surface area (Å²) in [6, 6.07) is 8.40. The Kier molecular flexibility index (Phi) is 2.76. The van der Waals surface area contributed by atoms with Crippen LogP contribution in [0.25, 0.3) is 10.9 Å². The van der Waals surface area contributed by atoms with E-state index in [0.717, 1.165) is 19.8 Å². The highest BCUT2D eigenvalue weighted by atomic mass is 16.5. The first-order valence-electron chi connectivity index (χ1n) is 6.30. The Morgan fingerprint density at radius 2 is 2.17 bits per heavy atom. The Morgan fingerprint density at radius 3 is 2.83 bits per heavy atom. The van der Waals surface area contributed by atoms with Crippen LogP contribution < -0.4 is 11.1 Å². The van der Waals surface area contributed by atoms with E-state index in [9.17, 15) is 0 Å². The van der Waals surface area contributed by atoms with E-state index in [1.54, 1.807) is 0 Å². The fraction of sp³-hybridized carbons (Fsp3) is 0.429. The summed E-state index contributed by atoms with van der Waals surface area (Å²) in [6.07, 6.45) is 2.13. The maximum Gasteiger partial charge on any atom is 0.0600 e. The van der Waals surface area contributed by atoms with Crippen molar-refractivity contribution in [1.82, 2.24) is 4.57 Å². The summed E-state index contributed by atoms with van der Waals surface area (Å²) in [7, 11) is 2.07. The van der Waals surface area contributed by atoms with Gasteiger partial charge in [-0.2, -0.15) is 0 Å².